The molecular formula is C26H27N3O8. The SMILES string of the molecule is COc1cccc2c1C(=O)c1c(O)c3c(c(O)c1C2=O)CC(C(=O)NCCN(C)C(=O)NCC=O)CC3. The zero-order valence-corrected chi connectivity index (χ0v) is 20.4. The first-order valence-electron chi connectivity index (χ1n) is 11.8. The average Bonchev–Trinajstić information content (AvgIpc) is 2.91. The first-order valence-corrected chi connectivity index (χ1v) is 11.8. The number of rotatable bonds is 7. The number of benzene rings is 2. The number of likely N-dealkylation sites (N-methyl/N-ethyl adjacent to an activating group) is 1. The number of ether oxygens (including phenoxy) is 1. The Hall–Kier alpha value is -4.41. The highest BCUT2D eigenvalue weighted by atomic mass is 16.5. The summed E-state index contributed by atoms with van der Waals surface area (Å²) < 4.78 is 5.25. The van der Waals surface area contributed by atoms with E-state index in [9.17, 15) is 34.2 Å². The monoisotopic (exact) mass is 509 g/mol. The number of urea groups is 1. The zero-order valence-electron chi connectivity index (χ0n) is 20.4. The minimum Gasteiger partial charge on any atom is -0.507 e. The maximum atomic E-state index is 13.3. The number of phenolic OH excluding ortho intramolecular Hbond substituents is 2. The predicted octanol–water partition coefficient (Wildman–Crippen LogP) is 0.943. The van der Waals surface area contributed by atoms with Crippen molar-refractivity contribution in [3.05, 3.63) is 51.6 Å². The molecule has 0 radical (unpaired) electrons. The minimum absolute atomic E-state index is 0.0371. The van der Waals surface area contributed by atoms with Crippen LogP contribution in [0.3, 0.4) is 0 Å². The molecule has 2 aliphatic rings. The van der Waals surface area contributed by atoms with E-state index < -0.39 is 29.3 Å². The number of ketones is 2. The van der Waals surface area contributed by atoms with Gasteiger partial charge in [-0.1, -0.05) is 12.1 Å². The lowest BCUT2D eigenvalue weighted by molar-refractivity contribution is -0.125. The normalized spacial score (nSPS) is 15.7. The first kappa shape index (κ1) is 25.7. The summed E-state index contributed by atoms with van der Waals surface area (Å²) in [5, 5.41) is 27.3. The quantitative estimate of drug-likeness (QED) is 0.270. The molecule has 0 aliphatic heterocycles. The summed E-state index contributed by atoms with van der Waals surface area (Å²) >= 11 is 0. The molecule has 2 aliphatic carbocycles. The van der Waals surface area contributed by atoms with Gasteiger partial charge in [0.2, 0.25) is 11.7 Å². The number of fused-ring (bicyclic) bond motifs is 3. The first-order chi connectivity index (χ1) is 17.7. The Bertz CT molecular complexity index is 1320. The average molecular weight is 510 g/mol. The maximum absolute atomic E-state index is 13.3. The molecule has 0 saturated carbocycles. The topological polar surface area (TPSA) is 162 Å². The van der Waals surface area contributed by atoms with Gasteiger partial charge in [0.05, 0.1) is 30.3 Å². The highest BCUT2D eigenvalue weighted by Crippen LogP contribution is 2.47. The van der Waals surface area contributed by atoms with Crippen LogP contribution in [0.5, 0.6) is 17.2 Å². The Labute approximate surface area is 212 Å². The Morgan fingerprint density at radius 3 is 2.49 bits per heavy atom. The van der Waals surface area contributed by atoms with Crippen molar-refractivity contribution in [1.82, 2.24) is 15.5 Å². The van der Waals surface area contributed by atoms with Gasteiger partial charge in [-0.15, -0.1) is 0 Å². The number of carbonyl (C=O) groups is 5. The molecule has 2 aromatic rings. The molecule has 3 amide bonds. The molecule has 0 fully saturated rings. The van der Waals surface area contributed by atoms with Crippen molar-refractivity contribution in [2.45, 2.75) is 19.3 Å². The second-order valence-electron chi connectivity index (χ2n) is 8.95. The lowest BCUT2D eigenvalue weighted by atomic mass is 9.75. The van der Waals surface area contributed by atoms with Crippen LogP contribution < -0.4 is 15.4 Å². The van der Waals surface area contributed by atoms with Crippen LogP contribution in [0.15, 0.2) is 18.2 Å². The van der Waals surface area contributed by atoms with Crippen molar-refractivity contribution in [2.24, 2.45) is 5.92 Å². The van der Waals surface area contributed by atoms with Gasteiger partial charge in [0, 0.05) is 42.7 Å². The molecule has 0 saturated heterocycles. The fraction of sp³-hybridized carbons (Fsp3) is 0.346. The maximum Gasteiger partial charge on any atom is 0.317 e. The van der Waals surface area contributed by atoms with E-state index in [1.807, 2.05) is 0 Å². The fourth-order valence-electron chi connectivity index (χ4n) is 4.89. The van der Waals surface area contributed by atoms with Crippen LogP contribution in [0.25, 0.3) is 0 Å². The summed E-state index contributed by atoms with van der Waals surface area (Å²) in [6, 6.07) is 4.12. The number of nitrogens with zero attached hydrogens (tertiary/aromatic N) is 1. The van der Waals surface area contributed by atoms with Gasteiger partial charge in [-0.25, -0.2) is 4.79 Å². The molecule has 4 rings (SSSR count). The van der Waals surface area contributed by atoms with E-state index in [-0.39, 0.29) is 77.7 Å². The third-order valence-electron chi connectivity index (χ3n) is 6.83. The van der Waals surface area contributed by atoms with Crippen molar-refractivity contribution in [2.75, 3.05) is 33.8 Å². The van der Waals surface area contributed by atoms with Crippen LogP contribution >= 0.6 is 0 Å². The highest BCUT2D eigenvalue weighted by molar-refractivity contribution is 6.31. The molecule has 1 unspecified atom stereocenters. The number of aldehydes is 1. The van der Waals surface area contributed by atoms with Crippen LogP contribution in [0.2, 0.25) is 0 Å². The standard InChI is InChI=1S/C26H27N3O8/c1-29(26(36)28-9-11-30)10-8-27-25(35)13-6-7-14-16(12-13)23(33)19-20(21(14)31)24(34)18-15(22(19)32)4-3-5-17(18)37-2/h3-5,11,13,31,33H,6-10,12H2,1-2H3,(H,27,35)(H,28,36). The van der Waals surface area contributed by atoms with Crippen LogP contribution in [0, 0.1) is 5.92 Å². The Kier molecular flexibility index (Phi) is 7.14. The number of carbonyl (C=O) groups excluding carboxylic acids is 5. The minimum atomic E-state index is -0.612. The molecule has 1 atom stereocenters. The number of hydrogen-bond acceptors (Lipinski definition) is 8. The third-order valence-corrected chi connectivity index (χ3v) is 6.83. The van der Waals surface area contributed by atoms with Gasteiger partial charge in [-0.3, -0.25) is 14.4 Å². The van der Waals surface area contributed by atoms with Crippen molar-refractivity contribution in [3.63, 3.8) is 0 Å². The van der Waals surface area contributed by atoms with E-state index in [4.69, 9.17) is 4.74 Å². The molecule has 2 aromatic carbocycles. The molecule has 0 spiro atoms. The molecule has 194 valence electrons. The lowest BCUT2D eigenvalue weighted by Gasteiger charge is -2.29. The van der Waals surface area contributed by atoms with Crippen LogP contribution in [0.4, 0.5) is 4.79 Å². The summed E-state index contributed by atoms with van der Waals surface area (Å²) in [7, 11) is 2.90. The second kappa shape index (κ2) is 10.3. The summed E-state index contributed by atoms with van der Waals surface area (Å²) in [5.74, 6) is -2.64. The predicted molar refractivity (Wildman–Crippen MR) is 130 cm³/mol. The number of aromatic hydroxyl groups is 2. The summed E-state index contributed by atoms with van der Waals surface area (Å²) in [4.78, 5) is 62.9. The number of methoxy groups -OCH3 is 1. The molecule has 4 N–H and O–H groups in total. The van der Waals surface area contributed by atoms with Crippen LogP contribution in [-0.4, -0.2) is 78.7 Å². The van der Waals surface area contributed by atoms with Gasteiger partial charge < -0.3 is 35.3 Å². The van der Waals surface area contributed by atoms with Crippen molar-refractivity contribution in [1.29, 1.82) is 0 Å². The van der Waals surface area contributed by atoms with Crippen molar-refractivity contribution >= 4 is 29.8 Å². The van der Waals surface area contributed by atoms with E-state index in [0.717, 1.165) is 0 Å². The summed E-state index contributed by atoms with van der Waals surface area (Å²) in [6.07, 6.45) is 1.20. The van der Waals surface area contributed by atoms with Gasteiger partial charge in [0.15, 0.2) is 5.78 Å². The van der Waals surface area contributed by atoms with Gasteiger partial charge in [0.1, 0.15) is 23.5 Å². The van der Waals surface area contributed by atoms with E-state index in [1.54, 1.807) is 12.1 Å². The van der Waals surface area contributed by atoms with Crippen LogP contribution in [-0.2, 0) is 22.4 Å². The van der Waals surface area contributed by atoms with E-state index in [0.29, 0.717) is 18.3 Å². The summed E-state index contributed by atoms with van der Waals surface area (Å²) in [6.45, 7) is 0.267. The molecule has 11 nitrogen and oxygen atoms in total. The second-order valence-corrected chi connectivity index (χ2v) is 8.95. The smallest absolute Gasteiger partial charge is 0.317 e. The van der Waals surface area contributed by atoms with E-state index in [1.165, 1.54) is 25.1 Å². The Morgan fingerprint density at radius 1 is 1.08 bits per heavy atom. The fourth-order valence-corrected chi connectivity index (χ4v) is 4.89. The third kappa shape index (κ3) is 4.48. The van der Waals surface area contributed by atoms with Gasteiger partial charge in [-0.05, 0) is 25.3 Å². The number of phenols is 2. The molecule has 0 bridgehead atoms. The van der Waals surface area contributed by atoms with E-state index in [2.05, 4.69) is 10.6 Å². The summed E-state index contributed by atoms with van der Waals surface area (Å²) in [5.41, 5.74) is 0.183. The largest absolute Gasteiger partial charge is 0.507 e. The number of nitrogens with one attached hydrogen (secondary N) is 2. The number of amides is 3. The molecule has 11 heteroatoms. The van der Waals surface area contributed by atoms with Gasteiger partial charge in [-0.2, -0.15) is 0 Å². The Morgan fingerprint density at radius 2 is 1.78 bits per heavy atom. The lowest BCUT2D eigenvalue weighted by Crippen LogP contribution is -2.43. The molecule has 37 heavy (non-hydrogen) atoms. The zero-order chi connectivity index (χ0) is 26.9. The van der Waals surface area contributed by atoms with Gasteiger partial charge in [0.25, 0.3) is 0 Å². The highest BCUT2D eigenvalue weighted by Gasteiger charge is 2.41. The number of hydrogen-bond donors (Lipinski definition) is 4. The molecule has 0 aromatic heterocycles. The molecule has 0 heterocycles. The van der Waals surface area contributed by atoms with E-state index >= 15 is 0 Å². The van der Waals surface area contributed by atoms with Gasteiger partial charge >= 0.3 is 6.03 Å². The van der Waals surface area contributed by atoms with Crippen molar-refractivity contribution < 1.29 is 38.9 Å². The molecular weight excluding hydrogens is 482 g/mol. The van der Waals surface area contributed by atoms with Crippen LogP contribution in [0.1, 0.15) is 49.4 Å². The Balaban J connectivity index is 1.55. The van der Waals surface area contributed by atoms with Crippen molar-refractivity contribution in [3.8, 4) is 17.2 Å².